The number of hydrogen-bond acceptors (Lipinski definition) is 22. The number of aromatic hydroxyl groups is 1. The molecule has 1 unspecified atom stereocenters. The highest BCUT2D eigenvalue weighted by Gasteiger charge is 2.45. The Kier molecular flexibility index (Phi) is 37.3. The Labute approximate surface area is 766 Å². The third-order valence-corrected chi connectivity index (χ3v) is 24.7. The number of nitrogens with two attached hydrogens (primary N) is 3. The first-order chi connectivity index (χ1) is 62.9. The summed E-state index contributed by atoms with van der Waals surface area (Å²) in [5, 5.41) is 59.6. The van der Waals surface area contributed by atoms with E-state index in [0.717, 1.165) is 31.4 Å². The molecule has 14 atom stereocenters. The highest BCUT2D eigenvalue weighted by molar-refractivity contribution is 8.00. The summed E-state index contributed by atoms with van der Waals surface area (Å²) in [4.78, 5) is 267. The average molecular weight is 1850 g/mol. The molecular weight excluding hydrogens is 1730 g/mol. The lowest BCUT2D eigenvalue weighted by molar-refractivity contribution is -0.148. The fraction of sp³-hybridized carbons (Fsp3) is 0.511. The normalized spacial score (nSPS) is 24.5. The summed E-state index contributed by atoms with van der Waals surface area (Å²) in [6.45, 7) is 6.15. The van der Waals surface area contributed by atoms with E-state index >= 15 is 38.4 Å². The van der Waals surface area contributed by atoms with Crippen LogP contribution in [0.2, 0.25) is 0 Å². The maximum Gasteiger partial charge on any atom is 0.246 e. The van der Waals surface area contributed by atoms with Crippen LogP contribution >= 0.6 is 11.8 Å². The molecule has 6 heterocycles. The van der Waals surface area contributed by atoms with Gasteiger partial charge in [-0.3, -0.25) is 86.9 Å². The Morgan fingerprint density at radius 3 is 1.61 bits per heavy atom. The number of carbonyl (C=O) groups excluding carboxylic acids is 17. The second-order valence-electron chi connectivity index (χ2n) is 33.8. The number of imidazole rings is 1. The summed E-state index contributed by atoms with van der Waals surface area (Å²) < 4.78 is 0. The maximum atomic E-state index is 15.4. The predicted octanol–water partition coefficient (Wildman–Crippen LogP) is -3.07. The van der Waals surface area contributed by atoms with Crippen LogP contribution < -0.4 is 75.7 Å². The van der Waals surface area contributed by atoms with Crippen molar-refractivity contribution >= 4 is 140 Å². The second kappa shape index (κ2) is 48.3. The molecule has 9 rings (SSSR count). The quantitative estimate of drug-likeness (QED) is 0.0172. The topological polar surface area (TPSA) is 641 Å². The molecule has 3 aliphatic rings. The van der Waals surface area contributed by atoms with Gasteiger partial charge >= 0.3 is 0 Å². The van der Waals surface area contributed by atoms with E-state index in [2.05, 4.69) is 78.4 Å². The number of hydrogen-bond donors (Lipinski definition) is 20. The highest BCUT2D eigenvalue weighted by Crippen LogP contribution is 2.27. The number of nitrogens with one attached hydrogen (secondary N) is 15. The monoisotopic (exact) mass is 1850 g/mol. The van der Waals surface area contributed by atoms with Gasteiger partial charge in [0.1, 0.15) is 90.3 Å². The minimum Gasteiger partial charge on any atom is -0.508 e. The van der Waals surface area contributed by atoms with Gasteiger partial charge in [-0.1, -0.05) is 82.1 Å². The van der Waals surface area contributed by atoms with Gasteiger partial charge in [0.2, 0.25) is 100 Å². The number of aromatic amines is 3. The van der Waals surface area contributed by atoms with Crippen molar-refractivity contribution in [1.29, 1.82) is 5.41 Å². The van der Waals surface area contributed by atoms with E-state index in [1.54, 1.807) is 74.8 Å². The average Bonchev–Trinajstić information content (AvgIpc) is 1.51. The predicted molar refractivity (Wildman–Crippen MR) is 485 cm³/mol. The summed E-state index contributed by atoms with van der Waals surface area (Å²) in [6, 6.07) is -1.52. The molecular formula is C88H122N24O19S. The summed E-state index contributed by atoms with van der Waals surface area (Å²) >= 11 is 0.761. The van der Waals surface area contributed by atoms with Gasteiger partial charge in [0, 0.05) is 118 Å². The summed E-state index contributed by atoms with van der Waals surface area (Å²) in [6.07, 6.45) is 5.30. The number of aromatic nitrogens is 4. The third-order valence-electron chi connectivity index (χ3n) is 23.6. The number of guanidine groups is 1. The largest absolute Gasteiger partial charge is 0.508 e. The van der Waals surface area contributed by atoms with Crippen LogP contribution in [0.4, 0.5) is 0 Å². The van der Waals surface area contributed by atoms with Gasteiger partial charge in [-0.2, -0.15) is 0 Å². The Bertz CT molecular complexity index is 5140. The Balaban J connectivity index is 1.08. The van der Waals surface area contributed by atoms with Gasteiger partial charge in [0.15, 0.2) is 5.96 Å². The minimum absolute atomic E-state index is 0.00567. The molecule has 6 aromatic rings. The zero-order valence-electron chi connectivity index (χ0n) is 75.1. The molecule has 3 fully saturated rings. The van der Waals surface area contributed by atoms with Crippen molar-refractivity contribution in [3.05, 3.63) is 120 Å². The minimum atomic E-state index is -1.85. The number of likely N-dealkylation sites (N-methyl/N-ethyl adjacent to an activating group) is 3. The van der Waals surface area contributed by atoms with E-state index in [9.17, 15) is 53.4 Å². The number of H-pyrrole nitrogens is 3. The first kappa shape index (κ1) is 102. The van der Waals surface area contributed by atoms with Crippen LogP contribution in [-0.4, -0.2) is 311 Å². The molecule has 23 N–H and O–H groups in total. The molecule has 44 heteroatoms. The van der Waals surface area contributed by atoms with Crippen LogP contribution in [-0.2, 0) is 107 Å². The van der Waals surface area contributed by atoms with Crippen molar-refractivity contribution in [2.75, 3.05) is 65.4 Å². The highest BCUT2D eigenvalue weighted by atomic mass is 32.2. The molecule has 3 aromatic heterocycles. The number of aliphatic hydroxyl groups excluding tert-OH is 1. The van der Waals surface area contributed by atoms with E-state index < -0.39 is 222 Å². The molecule has 17 amide bonds. The molecule has 0 aliphatic carbocycles. The fourth-order valence-corrected chi connectivity index (χ4v) is 17.0. The van der Waals surface area contributed by atoms with Crippen molar-refractivity contribution in [2.45, 2.75) is 216 Å². The molecule has 3 aliphatic heterocycles. The number of carbonyl (C=O) groups is 17. The number of phenolic OH excluding ortho intramolecular Hbond substituents is 1. The number of fused-ring (bicyclic) bond motifs is 4. The maximum absolute atomic E-state index is 15.4. The number of para-hydroxylation sites is 2. The lowest BCUT2D eigenvalue weighted by Gasteiger charge is -2.35. The standard InChI is InChI=1S/C88H122N24O19S/c1-9-10-23-68-80(124)100-59(22-15-30-94-88(91)92)76(120)107-67(75(119)97-42-72(90)116)44-132-45-73(117)99-63(34-50-26-28-54(114)29-27-50)84(128)108(6)48(4)74(118)103-65(38-71(89)115)87(131)112-32-17-25-70(112)82(126)102-61(37-53-41-93-46-98-53)78(122)104-62(33-47(2)3)86(130)111-31-16-24-69(111)81(125)101-60(35-51-39-95-57-20-13-11-18-55(51)57)77(121)106-66(43-113)79(123)105-64(85(129)109(7)49(5)83(127)110(68)8)36-52-40-96-58-21-14-12-19-56(52)58/h11-14,18-21,26-29,39-41,46-49,59-70,95-96,113-114H,9-10,15-17,22-25,30-38,42-45H2,1-8H3,(H2,89,115)(H2,90,116)(H,93,98)(H,97,119)(H,99,117)(H,100,124)(H,101,125)(H,102,126)(H,103,118)(H,104,122)(H,105,123)(H,106,121)(H,107,120)(H4,91,92,94)/t48-,49-,59-,60-,61-,62-,63-,64-,65-,66-,67?,68-,69-,70-/m0/s1. The number of thioether (sulfide) groups is 1. The van der Waals surface area contributed by atoms with Crippen LogP contribution in [0.15, 0.2) is 97.7 Å². The van der Waals surface area contributed by atoms with Crippen molar-refractivity contribution < 1.29 is 91.7 Å². The zero-order valence-corrected chi connectivity index (χ0v) is 75.9. The van der Waals surface area contributed by atoms with Crippen molar-refractivity contribution in [3.8, 4) is 5.75 Å². The van der Waals surface area contributed by atoms with Crippen LogP contribution in [0, 0.1) is 11.3 Å². The molecule has 132 heavy (non-hydrogen) atoms. The van der Waals surface area contributed by atoms with E-state index in [0.29, 0.717) is 57.0 Å². The lowest BCUT2D eigenvalue weighted by atomic mass is 10.0. The van der Waals surface area contributed by atoms with E-state index in [-0.39, 0.29) is 108 Å². The number of phenols is 1. The van der Waals surface area contributed by atoms with Crippen molar-refractivity contribution in [3.63, 3.8) is 0 Å². The van der Waals surface area contributed by atoms with Gasteiger partial charge in [-0.25, -0.2) is 4.98 Å². The van der Waals surface area contributed by atoms with Gasteiger partial charge in [0.05, 0.1) is 31.7 Å². The molecule has 0 radical (unpaired) electrons. The fourth-order valence-electron chi connectivity index (χ4n) is 16.2. The summed E-state index contributed by atoms with van der Waals surface area (Å²) in [5.41, 5.74) is 19.8. The van der Waals surface area contributed by atoms with Gasteiger partial charge in [-0.15, -0.1) is 11.8 Å². The lowest BCUT2D eigenvalue weighted by Crippen LogP contribution is -2.61. The van der Waals surface area contributed by atoms with E-state index in [1.165, 1.54) is 76.7 Å². The molecule has 714 valence electrons. The number of benzene rings is 3. The molecule has 0 spiro atoms. The molecule has 43 nitrogen and oxygen atoms in total. The first-order valence-electron chi connectivity index (χ1n) is 44.0. The SMILES string of the molecule is CCCC[C@H]1C(=O)N[C@@H](CCCNC(=N)N)C(=O)NC(C(=O)NCC(N)=O)CSCC(=O)N[C@@H](Cc2ccc(O)cc2)C(=O)N(C)[C@@H](C)C(=O)N[C@@H](CC(N)=O)C(=O)N2CCC[C@H]2C(=O)N[C@@H](Cc2cnc[nH]2)C(=O)N[C@@H](CC(C)C)C(=O)N2CCC[C@H]2C(=O)N[C@@H](Cc2c[nH]c3ccccc23)C(=O)N[C@@H](CO)C(=O)N[C@@H](Cc2c[nH]c3ccccc23)C(=O)N(C)[C@@H](C)C(=O)N1C. The first-order valence-corrected chi connectivity index (χ1v) is 45.1. The van der Waals surface area contributed by atoms with E-state index in [1.807, 2.05) is 6.92 Å². The van der Waals surface area contributed by atoms with E-state index in [4.69, 9.17) is 22.6 Å². The summed E-state index contributed by atoms with van der Waals surface area (Å²) in [7, 11) is 3.82. The molecule has 3 aromatic carbocycles. The van der Waals surface area contributed by atoms with Gasteiger partial charge < -0.3 is 125 Å². The van der Waals surface area contributed by atoms with Crippen molar-refractivity contribution in [2.24, 2.45) is 23.1 Å². The smallest absolute Gasteiger partial charge is 0.246 e. The molecule has 0 bridgehead atoms. The van der Waals surface area contributed by atoms with Crippen LogP contribution in [0.1, 0.15) is 128 Å². The van der Waals surface area contributed by atoms with Crippen molar-refractivity contribution in [1.82, 2.24) is 103 Å². The Hall–Kier alpha value is -13.7. The number of aliphatic hydroxyl groups is 1. The van der Waals surface area contributed by atoms with Crippen LogP contribution in [0.3, 0.4) is 0 Å². The third kappa shape index (κ3) is 27.9. The molecule has 0 saturated carbocycles. The number of nitrogens with zero attached hydrogens (tertiary/aromatic N) is 6. The molecule has 3 saturated heterocycles. The summed E-state index contributed by atoms with van der Waals surface area (Å²) in [5.74, 6) is -17.5. The van der Waals surface area contributed by atoms with Gasteiger partial charge in [-0.05, 0) is 112 Å². The van der Waals surface area contributed by atoms with Crippen LogP contribution in [0.5, 0.6) is 5.75 Å². The zero-order chi connectivity index (χ0) is 96.3. The number of unbranched alkanes of at least 4 members (excludes halogenated alkanes) is 1. The Morgan fingerprint density at radius 2 is 1.05 bits per heavy atom. The van der Waals surface area contributed by atoms with Gasteiger partial charge in [0.25, 0.3) is 0 Å². The Morgan fingerprint density at radius 1 is 0.538 bits per heavy atom. The number of rotatable bonds is 23. The second-order valence-corrected chi connectivity index (χ2v) is 34.8. The number of primary amides is 2. The van der Waals surface area contributed by atoms with Crippen LogP contribution in [0.25, 0.3) is 21.8 Å². The number of amides is 17.